The van der Waals surface area contributed by atoms with Crippen LogP contribution in [0.15, 0.2) is 29.7 Å². The molecule has 20 heavy (non-hydrogen) atoms. The standard InChI is InChI=1S/C14H15NO4S/c16-12(15-13(17)11-7-4-8-20-11)9-19-14(18)10-5-2-1-3-6-10/h1-2,4,7-8,10H,3,5-6,9H2,(H,15,16,17)/t10-/m0/s1. The quantitative estimate of drug-likeness (QED) is 0.680. The molecule has 1 aliphatic carbocycles. The Hall–Kier alpha value is -1.95. The van der Waals surface area contributed by atoms with E-state index in [9.17, 15) is 14.4 Å². The van der Waals surface area contributed by atoms with Gasteiger partial charge >= 0.3 is 5.97 Å². The van der Waals surface area contributed by atoms with E-state index in [4.69, 9.17) is 4.74 Å². The molecule has 1 aromatic heterocycles. The number of imide groups is 1. The number of carbonyl (C=O) groups excluding carboxylic acids is 3. The number of rotatable bonds is 4. The van der Waals surface area contributed by atoms with Crippen molar-refractivity contribution in [3.05, 3.63) is 34.5 Å². The molecule has 106 valence electrons. The highest BCUT2D eigenvalue weighted by Gasteiger charge is 2.21. The molecule has 0 aliphatic heterocycles. The lowest BCUT2D eigenvalue weighted by atomic mass is 9.95. The van der Waals surface area contributed by atoms with E-state index >= 15 is 0 Å². The van der Waals surface area contributed by atoms with Crippen molar-refractivity contribution in [2.45, 2.75) is 19.3 Å². The fraction of sp³-hybridized carbons (Fsp3) is 0.357. The molecule has 0 saturated heterocycles. The average molecular weight is 293 g/mol. The number of ether oxygens (including phenoxy) is 1. The van der Waals surface area contributed by atoms with E-state index in [1.807, 2.05) is 12.2 Å². The minimum atomic E-state index is -0.608. The van der Waals surface area contributed by atoms with Gasteiger partial charge in [0.1, 0.15) is 0 Å². The fourth-order valence-electron chi connectivity index (χ4n) is 1.89. The van der Waals surface area contributed by atoms with Gasteiger partial charge in [-0.25, -0.2) is 0 Å². The summed E-state index contributed by atoms with van der Waals surface area (Å²) >= 11 is 1.24. The Kier molecular flexibility index (Phi) is 5.06. The zero-order valence-corrected chi connectivity index (χ0v) is 11.7. The first kappa shape index (κ1) is 14.5. The van der Waals surface area contributed by atoms with Gasteiger partial charge in [-0.3, -0.25) is 19.7 Å². The SMILES string of the molecule is O=C(COC(=O)[C@H]1CC=CCC1)NC(=O)c1cccs1. The summed E-state index contributed by atoms with van der Waals surface area (Å²) in [7, 11) is 0. The second-order valence-electron chi connectivity index (χ2n) is 4.44. The topological polar surface area (TPSA) is 72.5 Å². The molecular formula is C14H15NO4S. The molecule has 0 spiro atoms. The van der Waals surface area contributed by atoms with Gasteiger partial charge in [0.25, 0.3) is 11.8 Å². The summed E-state index contributed by atoms with van der Waals surface area (Å²) in [4.78, 5) is 35.3. The molecule has 0 fully saturated rings. The van der Waals surface area contributed by atoms with Crippen molar-refractivity contribution in [3.8, 4) is 0 Å². The minimum Gasteiger partial charge on any atom is -0.455 e. The summed E-state index contributed by atoms with van der Waals surface area (Å²) in [6, 6.07) is 3.34. The van der Waals surface area contributed by atoms with Crippen LogP contribution in [0.25, 0.3) is 0 Å². The third-order valence-electron chi connectivity index (χ3n) is 2.95. The Morgan fingerprint density at radius 1 is 1.35 bits per heavy atom. The highest BCUT2D eigenvalue weighted by Crippen LogP contribution is 2.19. The van der Waals surface area contributed by atoms with Crippen molar-refractivity contribution in [1.29, 1.82) is 0 Å². The van der Waals surface area contributed by atoms with Crippen molar-refractivity contribution in [2.75, 3.05) is 6.61 Å². The monoisotopic (exact) mass is 293 g/mol. The van der Waals surface area contributed by atoms with E-state index in [0.29, 0.717) is 11.3 Å². The summed E-state index contributed by atoms with van der Waals surface area (Å²) < 4.78 is 4.93. The smallest absolute Gasteiger partial charge is 0.309 e. The first-order valence-corrected chi connectivity index (χ1v) is 7.24. The van der Waals surface area contributed by atoms with Gasteiger partial charge in [-0.1, -0.05) is 18.2 Å². The maximum absolute atomic E-state index is 11.7. The van der Waals surface area contributed by atoms with Crippen LogP contribution < -0.4 is 5.32 Å². The van der Waals surface area contributed by atoms with Crippen molar-refractivity contribution >= 4 is 29.1 Å². The Morgan fingerprint density at radius 3 is 2.85 bits per heavy atom. The van der Waals surface area contributed by atoms with Crippen LogP contribution in [0.2, 0.25) is 0 Å². The van der Waals surface area contributed by atoms with Crippen LogP contribution in [0, 0.1) is 5.92 Å². The molecule has 1 heterocycles. The number of hydrogen-bond acceptors (Lipinski definition) is 5. The van der Waals surface area contributed by atoms with Gasteiger partial charge in [0.05, 0.1) is 10.8 Å². The number of hydrogen-bond donors (Lipinski definition) is 1. The maximum atomic E-state index is 11.7. The molecule has 2 rings (SSSR count). The van der Waals surface area contributed by atoms with Gasteiger partial charge in [-0.15, -0.1) is 11.3 Å². The van der Waals surface area contributed by atoms with Gasteiger partial charge in [-0.05, 0) is 30.7 Å². The van der Waals surface area contributed by atoms with E-state index in [-0.39, 0.29) is 11.9 Å². The molecule has 1 N–H and O–H groups in total. The zero-order chi connectivity index (χ0) is 14.4. The lowest BCUT2D eigenvalue weighted by Crippen LogP contribution is -2.34. The Labute approximate surface area is 120 Å². The van der Waals surface area contributed by atoms with Crippen LogP contribution in [-0.4, -0.2) is 24.4 Å². The normalized spacial score (nSPS) is 17.5. The zero-order valence-electron chi connectivity index (χ0n) is 10.8. The predicted molar refractivity (Wildman–Crippen MR) is 74.2 cm³/mol. The van der Waals surface area contributed by atoms with Gasteiger partial charge in [0.2, 0.25) is 0 Å². The fourth-order valence-corrected chi connectivity index (χ4v) is 2.51. The predicted octanol–water partition coefficient (Wildman–Crippen LogP) is 1.90. The molecule has 0 unspecified atom stereocenters. The Balaban J connectivity index is 1.73. The lowest BCUT2D eigenvalue weighted by Gasteiger charge is -2.15. The number of carbonyl (C=O) groups is 3. The van der Waals surface area contributed by atoms with Crippen molar-refractivity contribution < 1.29 is 19.1 Å². The first-order chi connectivity index (χ1) is 9.66. The highest BCUT2D eigenvalue weighted by atomic mass is 32.1. The summed E-state index contributed by atoms with van der Waals surface area (Å²) in [6.45, 7) is -0.420. The number of esters is 1. The third-order valence-corrected chi connectivity index (χ3v) is 3.81. The van der Waals surface area contributed by atoms with Crippen molar-refractivity contribution in [2.24, 2.45) is 5.92 Å². The minimum absolute atomic E-state index is 0.180. The summed E-state index contributed by atoms with van der Waals surface area (Å²) in [6.07, 6.45) is 6.20. The molecule has 1 aromatic rings. The number of nitrogens with one attached hydrogen (secondary N) is 1. The number of allylic oxidation sites excluding steroid dienone is 2. The molecule has 0 radical (unpaired) electrons. The van der Waals surface area contributed by atoms with Gasteiger partial charge in [-0.2, -0.15) is 0 Å². The van der Waals surface area contributed by atoms with E-state index < -0.39 is 18.4 Å². The van der Waals surface area contributed by atoms with Gasteiger partial charge < -0.3 is 4.74 Å². The Morgan fingerprint density at radius 2 is 2.20 bits per heavy atom. The summed E-state index contributed by atoms with van der Waals surface area (Å²) in [5, 5.41) is 3.93. The van der Waals surface area contributed by atoms with Crippen molar-refractivity contribution in [1.82, 2.24) is 5.32 Å². The number of thiophene rings is 1. The van der Waals surface area contributed by atoms with E-state index in [2.05, 4.69) is 5.32 Å². The molecule has 2 amide bonds. The molecule has 1 aliphatic rings. The van der Waals surface area contributed by atoms with Crippen LogP contribution in [0.4, 0.5) is 0 Å². The molecule has 0 aromatic carbocycles. The largest absolute Gasteiger partial charge is 0.455 e. The molecular weight excluding hydrogens is 278 g/mol. The molecule has 0 saturated carbocycles. The van der Waals surface area contributed by atoms with E-state index in [1.165, 1.54) is 11.3 Å². The summed E-state index contributed by atoms with van der Waals surface area (Å²) in [5.74, 6) is -1.64. The second kappa shape index (κ2) is 7.00. The second-order valence-corrected chi connectivity index (χ2v) is 5.39. The van der Waals surface area contributed by atoms with E-state index in [0.717, 1.165) is 12.8 Å². The first-order valence-electron chi connectivity index (χ1n) is 6.36. The van der Waals surface area contributed by atoms with Crippen molar-refractivity contribution in [3.63, 3.8) is 0 Å². The molecule has 0 bridgehead atoms. The highest BCUT2D eigenvalue weighted by molar-refractivity contribution is 7.12. The summed E-state index contributed by atoms with van der Waals surface area (Å²) in [5.41, 5.74) is 0. The van der Waals surface area contributed by atoms with Gasteiger partial charge in [0, 0.05) is 0 Å². The number of amides is 2. The lowest BCUT2D eigenvalue weighted by molar-refractivity contribution is -0.152. The van der Waals surface area contributed by atoms with Crippen LogP contribution in [0.3, 0.4) is 0 Å². The van der Waals surface area contributed by atoms with Crippen LogP contribution >= 0.6 is 11.3 Å². The molecule has 6 heteroatoms. The average Bonchev–Trinajstić information content (AvgIpc) is 3.00. The Bertz CT molecular complexity index is 521. The molecule has 1 atom stereocenters. The van der Waals surface area contributed by atoms with Crippen LogP contribution in [0.5, 0.6) is 0 Å². The molecule has 5 nitrogen and oxygen atoms in total. The maximum Gasteiger partial charge on any atom is 0.309 e. The van der Waals surface area contributed by atoms with E-state index in [1.54, 1.807) is 17.5 Å². The van der Waals surface area contributed by atoms with Gasteiger partial charge in [0.15, 0.2) is 6.61 Å². The third kappa shape index (κ3) is 4.03. The van der Waals surface area contributed by atoms with Crippen LogP contribution in [0.1, 0.15) is 28.9 Å². The van der Waals surface area contributed by atoms with Crippen LogP contribution in [-0.2, 0) is 14.3 Å².